The molecule has 15 heavy (non-hydrogen) atoms. The zero-order valence-electron chi connectivity index (χ0n) is 8.56. The van der Waals surface area contributed by atoms with Crippen LogP contribution in [0.25, 0.3) is 0 Å². The van der Waals surface area contributed by atoms with Crippen LogP contribution in [0.15, 0.2) is 23.1 Å². The SMILES string of the molecule is Cc1ccc(C(=O)O)c(SCCCO)c1. The summed E-state index contributed by atoms with van der Waals surface area (Å²) >= 11 is 1.47. The highest BCUT2D eigenvalue weighted by atomic mass is 32.2. The summed E-state index contributed by atoms with van der Waals surface area (Å²) in [6.07, 6.45) is 0.678. The van der Waals surface area contributed by atoms with Gasteiger partial charge in [0.2, 0.25) is 0 Å². The smallest absolute Gasteiger partial charge is 0.336 e. The Kier molecular flexibility index (Phi) is 4.65. The Labute approximate surface area is 93.1 Å². The lowest BCUT2D eigenvalue weighted by Crippen LogP contribution is -1.99. The molecule has 0 atom stereocenters. The molecule has 0 aromatic heterocycles. The van der Waals surface area contributed by atoms with E-state index in [0.717, 1.165) is 16.2 Å². The molecule has 0 radical (unpaired) electrons. The minimum absolute atomic E-state index is 0.140. The first-order chi connectivity index (χ1) is 7.15. The van der Waals surface area contributed by atoms with Crippen molar-refractivity contribution in [3.05, 3.63) is 29.3 Å². The van der Waals surface area contributed by atoms with Gasteiger partial charge in [-0.1, -0.05) is 6.07 Å². The zero-order valence-corrected chi connectivity index (χ0v) is 9.38. The normalized spacial score (nSPS) is 10.3. The number of thioether (sulfide) groups is 1. The average molecular weight is 226 g/mol. The number of aryl methyl sites for hydroxylation is 1. The highest BCUT2D eigenvalue weighted by Gasteiger charge is 2.09. The molecule has 0 aliphatic rings. The highest BCUT2D eigenvalue weighted by molar-refractivity contribution is 7.99. The molecule has 0 saturated carbocycles. The second kappa shape index (κ2) is 5.78. The average Bonchev–Trinajstić information content (AvgIpc) is 2.18. The van der Waals surface area contributed by atoms with Gasteiger partial charge >= 0.3 is 5.97 Å². The Morgan fingerprint density at radius 3 is 2.80 bits per heavy atom. The van der Waals surface area contributed by atoms with E-state index in [4.69, 9.17) is 10.2 Å². The van der Waals surface area contributed by atoms with Crippen molar-refractivity contribution in [2.75, 3.05) is 12.4 Å². The van der Waals surface area contributed by atoms with E-state index in [9.17, 15) is 4.79 Å². The molecule has 0 fully saturated rings. The number of hydrogen-bond acceptors (Lipinski definition) is 3. The summed E-state index contributed by atoms with van der Waals surface area (Å²) in [5.41, 5.74) is 1.38. The van der Waals surface area contributed by atoms with Gasteiger partial charge in [-0.2, -0.15) is 0 Å². The van der Waals surface area contributed by atoms with Crippen molar-refractivity contribution < 1.29 is 15.0 Å². The number of rotatable bonds is 5. The van der Waals surface area contributed by atoms with E-state index in [1.54, 1.807) is 12.1 Å². The standard InChI is InChI=1S/C11H14O3S/c1-8-3-4-9(11(13)14)10(7-8)15-6-2-5-12/h3-4,7,12H,2,5-6H2,1H3,(H,13,14). The van der Waals surface area contributed by atoms with Gasteiger partial charge in [0.1, 0.15) is 0 Å². The molecule has 1 aromatic rings. The lowest BCUT2D eigenvalue weighted by Gasteiger charge is -2.06. The molecule has 0 aliphatic carbocycles. The molecule has 0 saturated heterocycles. The van der Waals surface area contributed by atoms with Gasteiger partial charge in [0.15, 0.2) is 0 Å². The summed E-state index contributed by atoms with van der Waals surface area (Å²) in [4.78, 5) is 11.7. The molecule has 4 heteroatoms. The van der Waals surface area contributed by atoms with Crippen LogP contribution >= 0.6 is 11.8 Å². The monoisotopic (exact) mass is 226 g/mol. The molecule has 0 amide bonds. The Morgan fingerprint density at radius 1 is 1.47 bits per heavy atom. The van der Waals surface area contributed by atoms with E-state index >= 15 is 0 Å². The quantitative estimate of drug-likeness (QED) is 0.596. The number of carboxylic acid groups (broad SMARTS) is 1. The summed E-state index contributed by atoms with van der Waals surface area (Å²) in [6.45, 7) is 2.07. The van der Waals surface area contributed by atoms with Gasteiger partial charge in [-0.3, -0.25) is 0 Å². The Hall–Kier alpha value is -1.00. The molecular weight excluding hydrogens is 212 g/mol. The van der Waals surface area contributed by atoms with Crippen molar-refractivity contribution in [2.45, 2.75) is 18.2 Å². The molecule has 0 unspecified atom stereocenters. The number of carbonyl (C=O) groups is 1. The van der Waals surface area contributed by atoms with Crippen molar-refractivity contribution in [1.29, 1.82) is 0 Å². The predicted octanol–water partition coefficient (Wildman–Crippen LogP) is 2.17. The van der Waals surface area contributed by atoms with Crippen molar-refractivity contribution in [3.63, 3.8) is 0 Å². The van der Waals surface area contributed by atoms with Crippen LogP contribution in [0.1, 0.15) is 22.3 Å². The summed E-state index contributed by atoms with van der Waals surface area (Å²) in [6, 6.07) is 5.28. The molecule has 1 rings (SSSR count). The van der Waals surface area contributed by atoms with Crippen molar-refractivity contribution in [1.82, 2.24) is 0 Å². The van der Waals surface area contributed by atoms with E-state index in [1.165, 1.54) is 11.8 Å². The first kappa shape index (κ1) is 12.1. The number of benzene rings is 1. The van der Waals surface area contributed by atoms with Crippen LogP contribution in [-0.2, 0) is 0 Å². The van der Waals surface area contributed by atoms with E-state index in [-0.39, 0.29) is 6.61 Å². The lowest BCUT2D eigenvalue weighted by atomic mass is 10.1. The third kappa shape index (κ3) is 3.57. The minimum Gasteiger partial charge on any atom is -0.478 e. The fourth-order valence-electron chi connectivity index (χ4n) is 1.17. The summed E-state index contributed by atoms with van der Waals surface area (Å²) in [7, 11) is 0. The Balaban J connectivity index is 2.82. The predicted molar refractivity (Wildman–Crippen MR) is 60.6 cm³/mol. The van der Waals surface area contributed by atoms with E-state index < -0.39 is 5.97 Å². The van der Waals surface area contributed by atoms with Crippen LogP contribution in [0.4, 0.5) is 0 Å². The molecule has 0 aliphatic heterocycles. The largest absolute Gasteiger partial charge is 0.478 e. The Bertz CT molecular complexity index is 350. The minimum atomic E-state index is -0.901. The van der Waals surface area contributed by atoms with Crippen LogP contribution in [0.2, 0.25) is 0 Å². The maximum Gasteiger partial charge on any atom is 0.336 e. The van der Waals surface area contributed by atoms with Crippen molar-refractivity contribution in [3.8, 4) is 0 Å². The van der Waals surface area contributed by atoms with Gasteiger partial charge < -0.3 is 10.2 Å². The van der Waals surface area contributed by atoms with Crippen LogP contribution < -0.4 is 0 Å². The number of carboxylic acids is 1. The van der Waals surface area contributed by atoms with Gasteiger partial charge in [0.05, 0.1) is 5.56 Å². The number of hydrogen-bond donors (Lipinski definition) is 2. The van der Waals surface area contributed by atoms with Crippen LogP contribution in [0, 0.1) is 6.92 Å². The van der Waals surface area contributed by atoms with Gasteiger partial charge in [0.25, 0.3) is 0 Å². The topological polar surface area (TPSA) is 57.5 Å². The van der Waals surface area contributed by atoms with Crippen molar-refractivity contribution >= 4 is 17.7 Å². The molecule has 82 valence electrons. The highest BCUT2D eigenvalue weighted by Crippen LogP contribution is 2.24. The lowest BCUT2D eigenvalue weighted by molar-refractivity contribution is 0.0693. The van der Waals surface area contributed by atoms with Crippen LogP contribution in [0.3, 0.4) is 0 Å². The van der Waals surface area contributed by atoms with Gasteiger partial charge in [-0.05, 0) is 31.0 Å². The molecule has 3 nitrogen and oxygen atoms in total. The summed E-state index contributed by atoms with van der Waals surface area (Å²) in [5, 5.41) is 17.6. The van der Waals surface area contributed by atoms with E-state index in [1.807, 2.05) is 13.0 Å². The fourth-order valence-corrected chi connectivity index (χ4v) is 2.25. The van der Waals surface area contributed by atoms with E-state index in [2.05, 4.69) is 0 Å². The van der Waals surface area contributed by atoms with Gasteiger partial charge in [-0.15, -0.1) is 11.8 Å². The number of aliphatic hydroxyl groups is 1. The fraction of sp³-hybridized carbons (Fsp3) is 0.364. The van der Waals surface area contributed by atoms with Gasteiger partial charge in [-0.25, -0.2) is 4.79 Å². The first-order valence-corrected chi connectivity index (χ1v) is 5.71. The second-order valence-electron chi connectivity index (χ2n) is 3.23. The molecule has 2 N–H and O–H groups in total. The first-order valence-electron chi connectivity index (χ1n) is 4.72. The van der Waals surface area contributed by atoms with Gasteiger partial charge in [0, 0.05) is 17.3 Å². The molecular formula is C11H14O3S. The second-order valence-corrected chi connectivity index (χ2v) is 4.37. The van der Waals surface area contributed by atoms with Crippen LogP contribution in [-0.4, -0.2) is 28.5 Å². The third-order valence-electron chi connectivity index (χ3n) is 1.93. The van der Waals surface area contributed by atoms with Crippen molar-refractivity contribution in [2.24, 2.45) is 0 Å². The third-order valence-corrected chi connectivity index (χ3v) is 3.07. The molecule has 0 spiro atoms. The summed E-state index contributed by atoms with van der Waals surface area (Å²) in [5.74, 6) is -0.165. The van der Waals surface area contributed by atoms with E-state index in [0.29, 0.717) is 12.0 Å². The Morgan fingerprint density at radius 2 is 2.20 bits per heavy atom. The number of aromatic carboxylic acids is 1. The van der Waals surface area contributed by atoms with Crippen LogP contribution in [0.5, 0.6) is 0 Å². The zero-order chi connectivity index (χ0) is 11.3. The molecule has 1 aromatic carbocycles. The molecule has 0 heterocycles. The number of aliphatic hydroxyl groups excluding tert-OH is 1. The maximum atomic E-state index is 10.9. The maximum absolute atomic E-state index is 10.9. The molecule has 0 bridgehead atoms. The summed E-state index contributed by atoms with van der Waals surface area (Å²) < 4.78 is 0.